The van der Waals surface area contributed by atoms with Gasteiger partial charge in [-0.2, -0.15) is 0 Å². The number of rotatable bonds is 3. The number of carbonyl (C=O) groups excluding carboxylic acids is 1. The Hall–Kier alpha value is -1.30. The van der Waals surface area contributed by atoms with Crippen LogP contribution in [0.2, 0.25) is 0 Å². The van der Waals surface area contributed by atoms with Crippen LogP contribution in [-0.2, 0) is 0 Å². The molecule has 2 rings (SSSR count). The van der Waals surface area contributed by atoms with Crippen molar-refractivity contribution in [2.45, 2.75) is 13.8 Å². The van der Waals surface area contributed by atoms with Gasteiger partial charge in [-0.05, 0) is 59.3 Å². The molecule has 0 unspecified atom stereocenters. The minimum Gasteiger partial charge on any atom is -0.409 e. The van der Waals surface area contributed by atoms with Gasteiger partial charge in [-0.25, -0.2) is 4.79 Å². The summed E-state index contributed by atoms with van der Waals surface area (Å²) < 4.78 is 6.42. The molecule has 2 aromatic rings. The van der Waals surface area contributed by atoms with Crippen molar-refractivity contribution in [3.8, 4) is 5.75 Å². The summed E-state index contributed by atoms with van der Waals surface area (Å²) in [6.07, 6.45) is -0.293. The van der Waals surface area contributed by atoms with E-state index in [0.717, 1.165) is 14.3 Å². The number of hydrogen-bond donors (Lipinski definition) is 0. The van der Waals surface area contributed by atoms with E-state index < -0.39 is 0 Å². The van der Waals surface area contributed by atoms with E-state index >= 15 is 0 Å². The maximum Gasteiger partial charge on any atom is 0.415 e. The highest BCUT2D eigenvalue weighted by Gasteiger charge is 2.14. The average molecular weight is 369 g/mol. The molecule has 3 nitrogen and oxygen atoms in total. The summed E-state index contributed by atoms with van der Waals surface area (Å²) in [7, 11) is 0. The third-order valence-corrected chi connectivity index (χ3v) is 3.86. The van der Waals surface area contributed by atoms with Crippen LogP contribution in [0.5, 0.6) is 5.75 Å². The molecule has 100 valence electrons. The van der Waals surface area contributed by atoms with Crippen molar-refractivity contribution in [3.05, 3.63) is 40.0 Å². The van der Waals surface area contributed by atoms with Crippen LogP contribution in [-0.4, -0.2) is 24.1 Å². The first-order valence-corrected chi connectivity index (χ1v) is 7.38. The van der Waals surface area contributed by atoms with Crippen LogP contribution in [0.4, 0.5) is 4.79 Å². The molecule has 0 atom stereocenters. The number of halogens is 1. The SMILES string of the molecule is CCN(CC)C(=O)Oc1cc2ccccc2cc1I. The number of hydrogen-bond acceptors (Lipinski definition) is 2. The molecule has 0 heterocycles. The molecule has 0 radical (unpaired) electrons. The van der Waals surface area contributed by atoms with E-state index in [1.165, 1.54) is 0 Å². The third kappa shape index (κ3) is 3.18. The van der Waals surface area contributed by atoms with Crippen molar-refractivity contribution in [3.63, 3.8) is 0 Å². The van der Waals surface area contributed by atoms with Gasteiger partial charge in [0.05, 0.1) is 3.57 Å². The zero-order chi connectivity index (χ0) is 13.8. The van der Waals surface area contributed by atoms with E-state index in [2.05, 4.69) is 22.6 Å². The predicted molar refractivity (Wildman–Crippen MR) is 85.6 cm³/mol. The summed E-state index contributed by atoms with van der Waals surface area (Å²) in [6, 6.07) is 12.0. The van der Waals surface area contributed by atoms with Gasteiger partial charge in [0, 0.05) is 13.1 Å². The summed E-state index contributed by atoms with van der Waals surface area (Å²) >= 11 is 2.19. The van der Waals surface area contributed by atoms with E-state index in [-0.39, 0.29) is 6.09 Å². The molecule has 0 aliphatic heterocycles. The molecule has 0 bridgehead atoms. The lowest BCUT2D eigenvalue weighted by molar-refractivity contribution is 0.157. The van der Waals surface area contributed by atoms with Crippen LogP contribution in [0.15, 0.2) is 36.4 Å². The Morgan fingerprint density at radius 2 is 1.74 bits per heavy atom. The van der Waals surface area contributed by atoms with Crippen LogP contribution in [0.3, 0.4) is 0 Å². The maximum absolute atomic E-state index is 12.0. The Morgan fingerprint density at radius 3 is 2.32 bits per heavy atom. The van der Waals surface area contributed by atoms with Crippen molar-refractivity contribution in [2.24, 2.45) is 0 Å². The van der Waals surface area contributed by atoms with Crippen LogP contribution in [0, 0.1) is 3.57 Å². The standard InChI is InChI=1S/C15H16INO2/c1-3-17(4-2)15(18)19-14-10-12-8-6-5-7-11(12)9-13(14)16/h5-10H,3-4H2,1-2H3. The van der Waals surface area contributed by atoms with E-state index in [1.54, 1.807) is 4.90 Å². The number of carbonyl (C=O) groups is 1. The molecule has 2 aromatic carbocycles. The largest absolute Gasteiger partial charge is 0.415 e. The van der Waals surface area contributed by atoms with Crippen LogP contribution >= 0.6 is 22.6 Å². The zero-order valence-electron chi connectivity index (χ0n) is 11.0. The second kappa shape index (κ2) is 6.23. The average Bonchev–Trinajstić information content (AvgIpc) is 2.41. The van der Waals surface area contributed by atoms with Gasteiger partial charge >= 0.3 is 6.09 Å². The van der Waals surface area contributed by atoms with Gasteiger partial charge in [-0.1, -0.05) is 24.3 Å². The molecule has 19 heavy (non-hydrogen) atoms. The number of fused-ring (bicyclic) bond motifs is 1. The first-order valence-electron chi connectivity index (χ1n) is 6.30. The molecule has 0 spiro atoms. The minimum absolute atomic E-state index is 0.293. The normalized spacial score (nSPS) is 10.5. The second-order valence-corrected chi connectivity index (χ2v) is 5.33. The fraction of sp³-hybridized carbons (Fsp3) is 0.267. The van der Waals surface area contributed by atoms with Gasteiger partial charge in [-0.15, -0.1) is 0 Å². The predicted octanol–water partition coefficient (Wildman–Crippen LogP) is 4.29. The summed E-state index contributed by atoms with van der Waals surface area (Å²) in [6.45, 7) is 5.19. The molecule has 0 aliphatic rings. The van der Waals surface area contributed by atoms with E-state index in [0.29, 0.717) is 18.8 Å². The van der Waals surface area contributed by atoms with Gasteiger partial charge in [0.15, 0.2) is 0 Å². The lowest BCUT2D eigenvalue weighted by Gasteiger charge is -2.18. The molecule has 0 aromatic heterocycles. The zero-order valence-corrected chi connectivity index (χ0v) is 13.2. The van der Waals surface area contributed by atoms with Gasteiger partial charge in [0.25, 0.3) is 0 Å². The third-order valence-electron chi connectivity index (χ3n) is 3.02. The van der Waals surface area contributed by atoms with Crippen molar-refractivity contribution in [2.75, 3.05) is 13.1 Å². The Labute approximate surface area is 126 Å². The lowest BCUT2D eigenvalue weighted by atomic mass is 10.1. The molecule has 0 fully saturated rings. The summed E-state index contributed by atoms with van der Waals surface area (Å²) in [5.41, 5.74) is 0. The van der Waals surface area contributed by atoms with Crippen LogP contribution in [0.1, 0.15) is 13.8 Å². The Morgan fingerprint density at radius 1 is 1.16 bits per heavy atom. The summed E-state index contributed by atoms with van der Waals surface area (Å²) in [5.74, 6) is 0.621. The summed E-state index contributed by atoms with van der Waals surface area (Å²) in [5, 5.41) is 2.22. The smallest absolute Gasteiger partial charge is 0.409 e. The van der Waals surface area contributed by atoms with Crippen molar-refractivity contribution in [1.82, 2.24) is 4.90 Å². The van der Waals surface area contributed by atoms with Gasteiger partial charge in [0.1, 0.15) is 5.75 Å². The van der Waals surface area contributed by atoms with E-state index in [1.807, 2.05) is 50.2 Å². The van der Waals surface area contributed by atoms with E-state index in [4.69, 9.17) is 4.74 Å². The first kappa shape index (κ1) is 14.1. The second-order valence-electron chi connectivity index (χ2n) is 4.17. The number of amides is 1. The van der Waals surface area contributed by atoms with Crippen molar-refractivity contribution < 1.29 is 9.53 Å². The molecule has 4 heteroatoms. The highest BCUT2D eigenvalue weighted by molar-refractivity contribution is 14.1. The lowest BCUT2D eigenvalue weighted by Crippen LogP contribution is -2.33. The molecular formula is C15H16INO2. The monoisotopic (exact) mass is 369 g/mol. The van der Waals surface area contributed by atoms with E-state index in [9.17, 15) is 4.79 Å². The molecule has 0 N–H and O–H groups in total. The number of benzene rings is 2. The van der Waals surface area contributed by atoms with Crippen LogP contribution < -0.4 is 4.74 Å². The molecular weight excluding hydrogens is 353 g/mol. The van der Waals surface area contributed by atoms with Gasteiger partial charge in [-0.3, -0.25) is 0 Å². The molecule has 1 amide bonds. The van der Waals surface area contributed by atoms with Crippen LogP contribution in [0.25, 0.3) is 10.8 Å². The quantitative estimate of drug-likeness (QED) is 0.756. The fourth-order valence-corrected chi connectivity index (χ4v) is 2.51. The van der Waals surface area contributed by atoms with Crippen molar-refractivity contribution >= 4 is 39.5 Å². The number of ether oxygens (including phenoxy) is 1. The maximum atomic E-state index is 12.0. The van der Waals surface area contributed by atoms with Gasteiger partial charge < -0.3 is 9.64 Å². The highest BCUT2D eigenvalue weighted by atomic mass is 127. The van der Waals surface area contributed by atoms with Crippen molar-refractivity contribution in [1.29, 1.82) is 0 Å². The first-order chi connectivity index (χ1) is 9.15. The highest BCUT2D eigenvalue weighted by Crippen LogP contribution is 2.27. The topological polar surface area (TPSA) is 29.5 Å². The fourth-order valence-electron chi connectivity index (χ4n) is 1.91. The number of nitrogens with zero attached hydrogens (tertiary/aromatic N) is 1. The molecule has 0 aliphatic carbocycles. The Balaban J connectivity index is 2.30. The Bertz CT molecular complexity index is 594. The summed E-state index contributed by atoms with van der Waals surface area (Å²) in [4.78, 5) is 13.6. The van der Waals surface area contributed by atoms with Gasteiger partial charge in [0.2, 0.25) is 0 Å². The Kier molecular flexibility index (Phi) is 4.63. The minimum atomic E-state index is -0.293. The molecule has 0 saturated carbocycles. The molecule has 0 saturated heterocycles.